The summed E-state index contributed by atoms with van der Waals surface area (Å²) in [4.78, 5) is 21.8. The van der Waals surface area contributed by atoms with Crippen LogP contribution in [0.2, 0.25) is 0 Å². The Bertz CT molecular complexity index is 404. The molecular weight excluding hydrogens is 267 g/mol. The van der Waals surface area contributed by atoms with E-state index in [0.717, 1.165) is 6.07 Å². The summed E-state index contributed by atoms with van der Waals surface area (Å²) in [7, 11) is 1.31. The van der Waals surface area contributed by atoms with E-state index in [1.54, 1.807) is 0 Å². The molecule has 0 bridgehead atoms. The van der Waals surface area contributed by atoms with Gasteiger partial charge in [0.25, 0.3) is 0 Å². The van der Waals surface area contributed by atoms with Gasteiger partial charge in [-0.25, -0.2) is 4.39 Å². The van der Waals surface area contributed by atoms with Crippen molar-refractivity contribution in [2.45, 2.75) is 0 Å². The smallest absolute Gasteiger partial charge is 0.173 e. The molecule has 0 heterocycles. The molecule has 1 aromatic rings. The Morgan fingerprint density at radius 2 is 2.27 bits per heavy atom. The fraction of sp³-hybridized carbons (Fsp3) is 0.200. The fourth-order valence-corrected chi connectivity index (χ4v) is 1.44. The molecular formula is C10H8BrFO3. The third-order valence-electron chi connectivity index (χ3n) is 1.87. The van der Waals surface area contributed by atoms with Crippen molar-refractivity contribution in [1.29, 1.82) is 0 Å². The quantitative estimate of drug-likeness (QED) is 0.480. The van der Waals surface area contributed by atoms with Gasteiger partial charge in [0, 0.05) is 5.56 Å². The molecule has 0 saturated heterocycles. The number of carbonyl (C=O) groups excluding carboxylic acids is 2. The van der Waals surface area contributed by atoms with E-state index in [9.17, 15) is 14.0 Å². The van der Waals surface area contributed by atoms with Gasteiger partial charge in [0.15, 0.2) is 12.1 Å². The summed E-state index contributed by atoms with van der Waals surface area (Å²) in [5.41, 5.74) is -0.00422. The molecule has 0 radical (unpaired) electrons. The number of ether oxygens (including phenoxy) is 1. The zero-order valence-corrected chi connectivity index (χ0v) is 9.51. The fourth-order valence-electron chi connectivity index (χ4n) is 1.11. The summed E-state index contributed by atoms with van der Waals surface area (Å²) in [6.07, 6.45) is 0.358. The van der Waals surface area contributed by atoms with Crippen LogP contribution in [0.4, 0.5) is 4.39 Å². The van der Waals surface area contributed by atoms with Crippen molar-refractivity contribution in [2.24, 2.45) is 0 Å². The van der Waals surface area contributed by atoms with E-state index >= 15 is 0 Å². The highest BCUT2D eigenvalue weighted by atomic mass is 79.9. The second-order valence-electron chi connectivity index (χ2n) is 2.75. The van der Waals surface area contributed by atoms with Crippen molar-refractivity contribution in [1.82, 2.24) is 0 Å². The highest BCUT2D eigenvalue weighted by Gasteiger charge is 2.14. The second kappa shape index (κ2) is 5.02. The van der Waals surface area contributed by atoms with Crippen LogP contribution in [0.5, 0.6) is 5.75 Å². The van der Waals surface area contributed by atoms with E-state index in [1.165, 1.54) is 13.2 Å². The molecule has 0 saturated carbocycles. The van der Waals surface area contributed by atoms with Gasteiger partial charge in [-0.3, -0.25) is 9.59 Å². The van der Waals surface area contributed by atoms with Gasteiger partial charge in [-0.15, -0.1) is 0 Å². The van der Waals surface area contributed by atoms with Crippen molar-refractivity contribution in [2.75, 3.05) is 12.4 Å². The van der Waals surface area contributed by atoms with Crippen molar-refractivity contribution in [3.8, 4) is 5.75 Å². The summed E-state index contributed by atoms with van der Waals surface area (Å²) in [6, 6.07) is 2.37. The second-order valence-corrected chi connectivity index (χ2v) is 3.31. The number of hydrogen-bond acceptors (Lipinski definition) is 3. The summed E-state index contributed by atoms with van der Waals surface area (Å²) >= 11 is 2.98. The number of Topliss-reactive ketones (excluding diaryl/α,β-unsaturated/α-hetero) is 1. The highest BCUT2D eigenvalue weighted by Crippen LogP contribution is 2.22. The molecule has 3 nitrogen and oxygen atoms in total. The van der Waals surface area contributed by atoms with Gasteiger partial charge in [0.1, 0.15) is 11.6 Å². The van der Waals surface area contributed by atoms with Crippen LogP contribution in [0.3, 0.4) is 0 Å². The standard InChI is InChI=1S/C10H8BrFO3/c1-15-10-3-6(9(14)4-11)2-8(12)7(10)5-13/h2-3,5H,4H2,1H3. The maximum atomic E-state index is 13.3. The van der Waals surface area contributed by atoms with Gasteiger partial charge in [-0.05, 0) is 12.1 Å². The first kappa shape index (κ1) is 11.8. The average molecular weight is 275 g/mol. The zero-order chi connectivity index (χ0) is 11.4. The Kier molecular flexibility index (Phi) is 3.96. The number of methoxy groups -OCH3 is 1. The van der Waals surface area contributed by atoms with E-state index in [0.29, 0.717) is 6.29 Å². The molecule has 1 rings (SSSR count). The van der Waals surface area contributed by atoms with Gasteiger partial charge in [-0.1, -0.05) is 15.9 Å². The van der Waals surface area contributed by atoms with Crippen LogP contribution in [0, 0.1) is 5.82 Å². The van der Waals surface area contributed by atoms with Crippen LogP contribution in [0.15, 0.2) is 12.1 Å². The maximum absolute atomic E-state index is 13.3. The van der Waals surface area contributed by atoms with Crippen LogP contribution in [-0.4, -0.2) is 24.5 Å². The van der Waals surface area contributed by atoms with Crippen LogP contribution >= 0.6 is 15.9 Å². The molecule has 0 N–H and O–H groups in total. The highest BCUT2D eigenvalue weighted by molar-refractivity contribution is 9.09. The topological polar surface area (TPSA) is 43.4 Å². The normalized spacial score (nSPS) is 9.80. The number of benzene rings is 1. The Balaban J connectivity index is 3.31. The van der Waals surface area contributed by atoms with Crippen LogP contribution in [0.25, 0.3) is 0 Å². The van der Waals surface area contributed by atoms with Gasteiger partial charge >= 0.3 is 0 Å². The van der Waals surface area contributed by atoms with E-state index in [2.05, 4.69) is 15.9 Å². The number of carbonyl (C=O) groups is 2. The minimum Gasteiger partial charge on any atom is -0.496 e. The lowest BCUT2D eigenvalue weighted by Gasteiger charge is -2.06. The number of ketones is 1. The molecule has 5 heteroatoms. The molecule has 15 heavy (non-hydrogen) atoms. The van der Waals surface area contributed by atoms with Gasteiger partial charge in [-0.2, -0.15) is 0 Å². The third kappa shape index (κ3) is 2.41. The van der Waals surface area contributed by atoms with Gasteiger partial charge < -0.3 is 4.74 Å². The minimum absolute atomic E-state index is 0.0642. The Morgan fingerprint density at radius 1 is 1.60 bits per heavy atom. The van der Waals surface area contributed by atoms with Gasteiger partial charge in [0.2, 0.25) is 0 Å². The van der Waals surface area contributed by atoms with Crippen LogP contribution < -0.4 is 4.74 Å². The number of halogens is 2. The molecule has 0 aromatic heterocycles. The number of aldehydes is 1. The first-order valence-electron chi connectivity index (χ1n) is 4.06. The summed E-state index contributed by atoms with van der Waals surface area (Å²) in [5.74, 6) is -0.965. The van der Waals surface area contributed by atoms with Crippen LogP contribution in [0.1, 0.15) is 20.7 Å². The Morgan fingerprint density at radius 3 is 2.73 bits per heavy atom. The maximum Gasteiger partial charge on any atom is 0.173 e. The SMILES string of the molecule is COc1cc(C(=O)CBr)cc(F)c1C=O. The Labute approximate surface area is 94.4 Å². The predicted molar refractivity (Wildman–Crippen MR) is 56.5 cm³/mol. The molecule has 1 aromatic carbocycles. The first-order valence-corrected chi connectivity index (χ1v) is 5.18. The monoisotopic (exact) mass is 274 g/mol. The molecule has 0 atom stereocenters. The first-order chi connectivity index (χ1) is 7.13. The lowest BCUT2D eigenvalue weighted by Crippen LogP contribution is -2.04. The lowest BCUT2D eigenvalue weighted by molar-refractivity contribution is 0.102. The van der Waals surface area contributed by atoms with Crippen molar-refractivity contribution >= 4 is 28.0 Å². The van der Waals surface area contributed by atoms with E-state index < -0.39 is 5.82 Å². The molecule has 0 spiro atoms. The lowest BCUT2D eigenvalue weighted by atomic mass is 10.1. The van der Waals surface area contributed by atoms with E-state index in [1.807, 2.05) is 0 Å². The predicted octanol–water partition coefficient (Wildman–Crippen LogP) is 2.22. The van der Waals surface area contributed by atoms with E-state index in [4.69, 9.17) is 4.74 Å². The molecule has 0 aliphatic heterocycles. The van der Waals surface area contributed by atoms with Crippen molar-refractivity contribution in [3.63, 3.8) is 0 Å². The summed E-state index contributed by atoms with van der Waals surface area (Å²) < 4.78 is 18.1. The average Bonchev–Trinajstić information content (AvgIpc) is 2.26. The molecule has 0 amide bonds. The number of alkyl halides is 1. The summed E-state index contributed by atoms with van der Waals surface area (Å²) in [6.45, 7) is 0. The van der Waals surface area contributed by atoms with Gasteiger partial charge in [0.05, 0.1) is 18.0 Å². The number of hydrogen-bond donors (Lipinski definition) is 0. The number of rotatable bonds is 4. The molecule has 0 fully saturated rings. The van der Waals surface area contributed by atoms with Crippen molar-refractivity contribution < 1.29 is 18.7 Å². The third-order valence-corrected chi connectivity index (χ3v) is 2.38. The minimum atomic E-state index is -0.756. The molecule has 0 aliphatic rings. The van der Waals surface area contributed by atoms with Crippen LogP contribution in [-0.2, 0) is 0 Å². The van der Waals surface area contributed by atoms with Crippen molar-refractivity contribution in [3.05, 3.63) is 29.1 Å². The van der Waals surface area contributed by atoms with E-state index in [-0.39, 0.29) is 28.0 Å². The molecule has 80 valence electrons. The zero-order valence-electron chi connectivity index (χ0n) is 7.92. The largest absolute Gasteiger partial charge is 0.496 e. The molecule has 0 unspecified atom stereocenters. The summed E-state index contributed by atoms with van der Waals surface area (Å²) in [5, 5.41) is 0.0933. The molecule has 0 aliphatic carbocycles. The Hall–Kier alpha value is -1.23.